The first-order chi connectivity index (χ1) is 19.7. The standard InChI is InChI=1S/C30H27ClFN3O4S2/c1-19(23-10-6-8-20-7-4-5-9-24(20)23)34-27-17-26(32)29(16-25(27)31)41(36,37)35(30-33-13-14-40-30)18-21-11-12-22(38-2)15-28(21)39-3/h4-17,19,34H,18H2,1-3H3/t19-/m0/s1. The van der Waals surface area contributed by atoms with E-state index in [0.29, 0.717) is 17.1 Å². The molecule has 0 saturated heterocycles. The van der Waals surface area contributed by atoms with Crippen molar-refractivity contribution >= 4 is 54.6 Å². The van der Waals surface area contributed by atoms with Crippen LogP contribution in [0.25, 0.3) is 10.8 Å². The van der Waals surface area contributed by atoms with Gasteiger partial charge < -0.3 is 14.8 Å². The molecule has 11 heteroatoms. The van der Waals surface area contributed by atoms with E-state index in [1.54, 1.807) is 23.6 Å². The summed E-state index contributed by atoms with van der Waals surface area (Å²) in [5.74, 6) is 0.0275. The molecular formula is C30H27ClFN3O4S2. The van der Waals surface area contributed by atoms with Crippen LogP contribution in [0.4, 0.5) is 15.2 Å². The summed E-state index contributed by atoms with van der Waals surface area (Å²) in [5, 5.41) is 7.26. The minimum absolute atomic E-state index is 0.0678. The van der Waals surface area contributed by atoms with Gasteiger partial charge in [0.05, 0.1) is 31.5 Å². The highest BCUT2D eigenvalue weighted by Crippen LogP contribution is 2.36. The van der Waals surface area contributed by atoms with Gasteiger partial charge in [-0.3, -0.25) is 0 Å². The van der Waals surface area contributed by atoms with Crippen molar-refractivity contribution in [3.05, 3.63) is 106 Å². The molecule has 0 radical (unpaired) electrons. The van der Waals surface area contributed by atoms with Crippen LogP contribution in [0.15, 0.2) is 89.3 Å². The Bertz CT molecular complexity index is 1790. The van der Waals surface area contributed by atoms with E-state index in [0.717, 1.165) is 44.1 Å². The molecule has 0 aliphatic heterocycles. The van der Waals surface area contributed by atoms with Crippen molar-refractivity contribution in [2.24, 2.45) is 0 Å². The Hall–Kier alpha value is -3.86. The molecule has 0 fully saturated rings. The fourth-order valence-electron chi connectivity index (χ4n) is 4.63. The zero-order chi connectivity index (χ0) is 29.1. The number of methoxy groups -OCH3 is 2. The second-order valence-electron chi connectivity index (χ2n) is 9.20. The summed E-state index contributed by atoms with van der Waals surface area (Å²) in [6.45, 7) is 1.78. The zero-order valence-corrected chi connectivity index (χ0v) is 24.9. The number of ether oxygens (including phenoxy) is 2. The number of anilines is 2. The predicted molar refractivity (Wildman–Crippen MR) is 162 cm³/mol. The second-order valence-corrected chi connectivity index (χ2v) is 12.3. The normalized spacial score (nSPS) is 12.2. The molecule has 0 bridgehead atoms. The number of rotatable bonds is 10. The number of thiazole rings is 1. The van der Waals surface area contributed by atoms with Crippen LogP contribution in [-0.2, 0) is 16.6 Å². The topological polar surface area (TPSA) is 80.8 Å². The highest BCUT2D eigenvalue weighted by molar-refractivity contribution is 7.93. The Morgan fingerprint density at radius 3 is 2.56 bits per heavy atom. The molecule has 4 aromatic carbocycles. The van der Waals surface area contributed by atoms with Crippen LogP contribution in [0.2, 0.25) is 5.02 Å². The quantitative estimate of drug-likeness (QED) is 0.174. The predicted octanol–water partition coefficient (Wildman–Crippen LogP) is 7.67. The highest BCUT2D eigenvalue weighted by atomic mass is 35.5. The lowest BCUT2D eigenvalue weighted by Crippen LogP contribution is -2.31. The fraction of sp³-hybridized carbons (Fsp3) is 0.167. The molecule has 1 N–H and O–H groups in total. The number of fused-ring (bicyclic) bond motifs is 1. The molecule has 1 atom stereocenters. The molecule has 7 nitrogen and oxygen atoms in total. The molecule has 5 aromatic rings. The fourth-order valence-corrected chi connectivity index (χ4v) is 7.25. The largest absolute Gasteiger partial charge is 0.497 e. The number of aromatic nitrogens is 1. The third kappa shape index (κ3) is 5.81. The van der Waals surface area contributed by atoms with Gasteiger partial charge in [-0.2, -0.15) is 0 Å². The first kappa shape index (κ1) is 28.7. The summed E-state index contributed by atoms with van der Waals surface area (Å²) >= 11 is 7.68. The number of benzene rings is 4. The van der Waals surface area contributed by atoms with Gasteiger partial charge in [-0.25, -0.2) is 22.1 Å². The first-order valence-electron chi connectivity index (χ1n) is 12.6. The van der Waals surface area contributed by atoms with Gasteiger partial charge in [-0.1, -0.05) is 54.1 Å². The van der Waals surface area contributed by atoms with E-state index in [2.05, 4.69) is 10.3 Å². The minimum atomic E-state index is -4.44. The Labute approximate surface area is 247 Å². The third-order valence-electron chi connectivity index (χ3n) is 6.69. The molecule has 0 aliphatic carbocycles. The maximum absolute atomic E-state index is 15.7. The summed E-state index contributed by atoms with van der Waals surface area (Å²) in [6.07, 6.45) is 1.48. The van der Waals surface area contributed by atoms with Crippen molar-refractivity contribution in [1.82, 2.24) is 4.98 Å². The molecule has 5 rings (SSSR count). The van der Waals surface area contributed by atoms with E-state index in [9.17, 15) is 8.42 Å². The third-order valence-corrected chi connectivity index (χ3v) is 9.67. The molecule has 0 spiro atoms. The van der Waals surface area contributed by atoms with Gasteiger partial charge in [0.25, 0.3) is 10.0 Å². The maximum atomic E-state index is 15.7. The van der Waals surface area contributed by atoms with Crippen molar-refractivity contribution in [1.29, 1.82) is 0 Å². The lowest BCUT2D eigenvalue weighted by molar-refractivity contribution is 0.391. The number of halogens is 2. The zero-order valence-electron chi connectivity index (χ0n) is 22.5. The smallest absolute Gasteiger partial charge is 0.269 e. The Balaban J connectivity index is 1.49. The van der Waals surface area contributed by atoms with Gasteiger partial charge in [0, 0.05) is 29.2 Å². The number of hydrogen-bond donors (Lipinski definition) is 1. The first-order valence-corrected chi connectivity index (χ1v) is 15.3. The van der Waals surface area contributed by atoms with E-state index < -0.39 is 20.7 Å². The van der Waals surface area contributed by atoms with Crippen LogP contribution in [0.1, 0.15) is 24.1 Å². The van der Waals surface area contributed by atoms with Crippen LogP contribution < -0.4 is 19.1 Å². The number of hydrogen-bond acceptors (Lipinski definition) is 7. The van der Waals surface area contributed by atoms with Crippen LogP contribution in [0.3, 0.4) is 0 Å². The summed E-state index contributed by atoms with van der Waals surface area (Å²) in [5.41, 5.74) is 1.82. The molecule has 0 amide bonds. The average molecular weight is 612 g/mol. The van der Waals surface area contributed by atoms with E-state index >= 15 is 4.39 Å². The van der Waals surface area contributed by atoms with Crippen LogP contribution >= 0.6 is 22.9 Å². The van der Waals surface area contributed by atoms with Gasteiger partial charge in [0.15, 0.2) is 5.13 Å². The molecule has 1 heterocycles. The van der Waals surface area contributed by atoms with Crippen molar-refractivity contribution in [3.63, 3.8) is 0 Å². The lowest BCUT2D eigenvalue weighted by atomic mass is 9.99. The van der Waals surface area contributed by atoms with Crippen molar-refractivity contribution in [3.8, 4) is 11.5 Å². The number of nitrogens with one attached hydrogen (secondary N) is 1. The summed E-state index contributed by atoms with van der Waals surface area (Å²) in [4.78, 5) is 3.63. The lowest BCUT2D eigenvalue weighted by Gasteiger charge is -2.24. The summed E-state index contributed by atoms with van der Waals surface area (Å²) < 4.78 is 55.3. The molecule has 0 unspecified atom stereocenters. The average Bonchev–Trinajstić information content (AvgIpc) is 3.51. The molecule has 212 valence electrons. The van der Waals surface area contributed by atoms with E-state index in [1.807, 2.05) is 49.4 Å². The van der Waals surface area contributed by atoms with Crippen molar-refractivity contribution < 1.29 is 22.3 Å². The summed E-state index contributed by atoms with van der Waals surface area (Å²) in [7, 11) is -1.44. The molecule has 0 aliphatic rings. The second kappa shape index (κ2) is 11.9. The number of sulfonamides is 1. The Kier molecular flexibility index (Phi) is 8.35. The highest BCUT2D eigenvalue weighted by Gasteiger charge is 2.32. The van der Waals surface area contributed by atoms with Crippen LogP contribution in [0.5, 0.6) is 11.5 Å². The van der Waals surface area contributed by atoms with Crippen molar-refractivity contribution in [2.45, 2.75) is 24.4 Å². The van der Waals surface area contributed by atoms with E-state index in [4.69, 9.17) is 21.1 Å². The van der Waals surface area contributed by atoms with Crippen LogP contribution in [-0.4, -0.2) is 27.6 Å². The van der Waals surface area contributed by atoms with E-state index in [-0.39, 0.29) is 28.4 Å². The molecule has 41 heavy (non-hydrogen) atoms. The maximum Gasteiger partial charge on any atom is 0.269 e. The molecular weight excluding hydrogens is 585 g/mol. The molecule has 0 saturated carbocycles. The van der Waals surface area contributed by atoms with Gasteiger partial charge >= 0.3 is 0 Å². The number of nitrogens with zero attached hydrogens (tertiary/aromatic N) is 2. The Morgan fingerprint density at radius 2 is 1.83 bits per heavy atom. The van der Waals surface area contributed by atoms with E-state index in [1.165, 1.54) is 20.4 Å². The van der Waals surface area contributed by atoms with Crippen molar-refractivity contribution in [2.75, 3.05) is 23.8 Å². The summed E-state index contributed by atoms with van der Waals surface area (Å²) in [6, 6.07) is 21.0. The van der Waals surface area contributed by atoms with Gasteiger partial charge in [0.1, 0.15) is 22.2 Å². The minimum Gasteiger partial charge on any atom is -0.497 e. The van der Waals surface area contributed by atoms with Gasteiger partial charge in [-0.05, 0) is 47.5 Å². The Morgan fingerprint density at radius 1 is 1.05 bits per heavy atom. The van der Waals surface area contributed by atoms with Gasteiger partial charge in [-0.15, -0.1) is 11.3 Å². The molecule has 1 aromatic heterocycles. The SMILES string of the molecule is COc1ccc(CN(c2nccs2)S(=O)(=O)c2cc(Cl)c(N[C@@H](C)c3cccc4ccccc34)cc2F)c(OC)c1. The monoisotopic (exact) mass is 611 g/mol. The van der Waals surface area contributed by atoms with Gasteiger partial charge in [0.2, 0.25) is 0 Å². The van der Waals surface area contributed by atoms with Crippen LogP contribution in [0, 0.1) is 5.82 Å².